The van der Waals surface area contributed by atoms with Crippen LogP contribution in [0.2, 0.25) is 0 Å². The van der Waals surface area contributed by atoms with Gasteiger partial charge in [0, 0.05) is 41.8 Å². The molecule has 29 heavy (non-hydrogen) atoms. The minimum Gasteiger partial charge on any atom is -0.366 e. The summed E-state index contributed by atoms with van der Waals surface area (Å²) in [5.41, 5.74) is 8.96. The summed E-state index contributed by atoms with van der Waals surface area (Å²) in [5.74, 6) is -0.434. The molecule has 2 aromatic carbocycles. The smallest absolute Gasteiger partial charge is 0.248 e. The maximum atomic E-state index is 11.7. The highest BCUT2D eigenvalue weighted by Crippen LogP contribution is 2.43. The standard InChI is InChI=1S/C24H24N4O/c25-13-18-15-28(23-10-17(24(26)29)6-9-22(18)23)21-11-19-7-8-20(12-21)27(19)14-16-4-2-1-3-5-16/h1-6,9-10,15,19-21H,7-8,11-12,14H2,(H2,26,29). The van der Waals surface area contributed by atoms with Crippen molar-refractivity contribution in [3.8, 4) is 6.07 Å². The number of nitrogens with zero attached hydrogens (tertiary/aromatic N) is 3. The number of hydrogen-bond donors (Lipinski definition) is 1. The molecule has 5 heteroatoms. The van der Waals surface area contributed by atoms with Gasteiger partial charge in [0.1, 0.15) is 6.07 Å². The number of nitrogens with two attached hydrogens (primary N) is 1. The Kier molecular flexibility index (Phi) is 4.37. The van der Waals surface area contributed by atoms with Gasteiger partial charge in [0.05, 0.1) is 11.1 Å². The summed E-state index contributed by atoms with van der Waals surface area (Å²) in [7, 11) is 0. The van der Waals surface area contributed by atoms with Crippen LogP contribution in [0.15, 0.2) is 54.7 Å². The first-order valence-corrected chi connectivity index (χ1v) is 10.3. The lowest BCUT2D eigenvalue weighted by Gasteiger charge is -2.39. The zero-order chi connectivity index (χ0) is 20.0. The van der Waals surface area contributed by atoms with Crippen molar-refractivity contribution in [3.05, 3.63) is 71.4 Å². The largest absolute Gasteiger partial charge is 0.366 e. The molecule has 0 spiro atoms. The van der Waals surface area contributed by atoms with Crippen LogP contribution in [0.1, 0.15) is 53.2 Å². The van der Waals surface area contributed by atoms with E-state index in [0.717, 1.165) is 30.3 Å². The molecule has 2 aliphatic rings. The minimum absolute atomic E-state index is 0.340. The second kappa shape index (κ2) is 7.06. The van der Waals surface area contributed by atoms with Crippen molar-refractivity contribution in [3.63, 3.8) is 0 Å². The summed E-state index contributed by atoms with van der Waals surface area (Å²) in [6.45, 7) is 1.00. The van der Waals surface area contributed by atoms with Gasteiger partial charge in [-0.05, 0) is 43.4 Å². The van der Waals surface area contributed by atoms with E-state index in [1.165, 1.54) is 18.4 Å². The number of primary amides is 1. The van der Waals surface area contributed by atoms with Crippen LogP contribution >= 0.6 is 0 Å². The van der Waals surface area contributed by atoms with Crippen LogP contribution in [-0.2, 0) is 6.54 Å². The summed E-state index contributed by atoms with van der Waals surface area (Å²) in [6, 6.07) is 19.9. The monoisotopic (exact) mass is 384 g/mol. The van der Waals surface area contributed by atoms with Crippen molar-refractivity contribution in [1.29, 1.82) is 5.26 Å². The molecule has 5 rings (SSSR count). The van der Waals surface area contributed by atoms with Gasteiger partial charge in [-0.25, -0.2) is 0 Å². The minimum atomic E-state index is -0.434. The fraction of sp³-hybridized carbons (Fsp3) is 0.333. The first kappa shape index (κ1) is 18.0. The van der Waals surface area contributed by atoms with Gasteiger partial charge in [0.2, 0.25) is 5.91 Å². The molecule has 0 saturated carbocycles. The van der Waals surface area contributed by atoms with Crippen molar-refractivity contribution in [2.24, 2.45) is 5.73 Å². The molecular weight excluding hydrogens is 360 g/mol. The highest BCUT2D eigenvalue weighted by molar-refractivity contribution is 5.98. The molecule has 2 bridgehead atoms. The second-order valence-electron chi connectivity index (χ2n) is 8.33. The molecule has 146 valence electrons. The van der Waals surface area contributed by atoms with Gasteiger partial charge in [-0.1, -0.05) is 36.4 Å². The first-order valence-electron chi connectivity index (χ1n) is 10.3. The molecule has 2 unspecified atom stereocenters. The van der Waals surface area contributed by atoms with E-state index >= 15 is 0 Å². The first-order chi connectivity index (χ1) is 14.1. The van der Waals surface area contributed by atoms with Crippen LogP contribution in [0.25, 0.3) is 10.9 Å². The molecule has 2 aliphatic heterocycles. The lowest BCUT2D eigenvalue weighted by molar-refractivity contribution is 0.0997. The molecule has 1 aromatic heterocycles. The van der Waals surface area contributed by atoms with E-state index in [-0.39, 0.29) is 0 Å². The highest BCUT2D eigenvalue weighted by atomic mass is 16.1. The number of aromatic nitrogens is 1. The molecular formula is C24H24N4O. The summed E-state index contributed by atoms with van der Waals surface area (Å²) in [6.07, 6.45) is 6.56. The van der Waals surface area contributed by atoms with E-state index in [0.29, 0.717) is 29.3 Å². The van der Waals surface area contributed by atoms with E-state index in [1.54, 1.807) is 6.07 Å². The molecule has 0 aliphatic carbocycles. The molecule has 2 fully saturated rings. The van der Waals surface area contributed by atoms with E-state index in [2.05, 4.69) is 45.9 Å². The van der Waals surface area contributed by atoms with Gasteiger partial charge in [-0.15, -0.1) is 0 Å². The van der Waals surface area contributed by atoms with Crippen molar-refractivity contribution in [1.82, 2.24) is 9.47 Å². The normalized spacial score (nSPS) is 23.9. The number of carbonyl (C=O) groups excluding carboxylic acids is 1. The number of benzene rings is 2. The molecule has 0 radical (unpaired) electrons. The van der Waals surface area contributed by atoms with Gasteiger partial charge in [-0.3, -0.25) is 9.69 Å². The molecule has 2 atom stereocenters. The molecule has 1 amide bonds. The topological polar surface area (TPSA) is 75.1 Å². The third-order valence-electron chi connectivity index (χ3n) is 6.70. The number of piperidine rings is 1. The van der Waals surface area contributed by atoms with Gasteiger partial charge >= 0.3 is 0 Å². The van der Waals surface area contributed by atoms with Crippen LogP contribution in [0, 0.1) is 11.3 Å². The average molecular weight is 384 g/mol. The van der Waals surface area contributed by atoms with Crippen molar-refractivity contribution in [2.75, 3.05) is 0 Å². The third-order valence-corrected chi connectivity index (χ3v) is 6.70. The van der Waals surface area contributed by atoms with Crippen LogP contribution in [0.5, 0.6) is 0 Å². The fourth-order valence-electron chi connectivity index (χ4n) is 5.32. The Morgan fingerprint density at radius 3 is 2.45 bits per heavy atom. The van der Waals surface area contributed by atoms with Crippen LogP contribution in [-0.4, -0.2) is 27.5 Å². The number of amides is 1. The van der Waals surface area contributed by atoms with Gasteiger partial charge in [0.15, 0.2) is 0 Å². The average Bonchev–Trinajstić information content (AvgIpc) is 3.21. The highest BCUT2D eigenvalue weighted by Gasteiger charge is 2.41. The molecule has 3 aromatic rings. The Labute approximate surface area is 170 Å². The van der Waals surface area contributed by atoms with Crippen LogP contribution in [0.4, 0.5) is 0 Å². The summed E-state index contributed by atoms with van der Waals surface area (Å²) in [5, 5.41) is 10.5. The number of rotatable bonds is 4. The van der Waals surface area contributed by atoms with Gasteiger partial charge < -0.3 is 10.3 Å². The quantitative estimate of drug-likeness (QED) is 0.739. The molecule has 3 heterocycles. The molecule has 2 N–H and O–H groups in total. The summed E-state index contributed by atoms with van der Waals surface area (Å²) < 4.78 is 2.23. The fourth-order valence-corrected chi connectivity index (χ4v) is 5.32. The predicted octanol–water partition coefficient (Wildman–Crippen LogP) is 3.98. The van der Waals surface area contributed by atoms with E-state index in [1.807, 2.05) is 18.3 Å². The third kappa shape index (κ3) is 3.10. The lowest BCUT2D eigenvalue weighted by atomic mass is 9.96. The summed E-state index contributed by atoms with van der Waals surface area (Å²) >= 11 is 0. The Morgan fingerprint density at radius 2 is 1.79 bits per heavy atom. The second-order valence-corrected chi connectivity index (χ2v) is 8.33. The number of nitriles is 1. The lowest BCUT2D eigenvalue weighted by Crippen LogP contribution is -2.42. The predicted molar refractivity (Wildman–Crippen MR) is 112 cm³/mol. The zero-order valence-corrected chi connectivity index (χ0v) is 16.3. The van der Waals surface area contributed by atoms with E-state index in [4.69, 9.17) is 5.73 Å². The molecule has 5 nitrogen and oxygen atoms in total. The van der Waals surface area contributed by atoms with Crippen LogP contribution in [0.3, 0.4) is 0 Å². The number of carbonyl (C=O) groups is 1. The Morgan fingerprint density at radius 1 is 1.07 bits per heavy atom. The van der Waals surface area contributed by atoms with Gasteiger partial charge in [0.25, 0.3) is 0 Å². The maximum Gasteiger partial charge on any atom is 0.248 e. The van der Waals surface area contributed by atoms with Crippen LogP contribution < -0.4 is 5.73 Å². The Bertz CT molecular complexity index is 1100. The SMILES string of the molecule is N#Cc1cn(C2CC3CCC(C2)N3Cc2ccccc2)c2cc(C(N)=O)ccc12. The van der Waals surface area contributed by atoms with Crippen molar-refractivity contribution >= 4 is 16.8 Å². The maximum absolute atomic E-state index is 11.7. The van der Waals surface area contributed by atoms with Crippen molar-refractivity contribution < 1.29 is 4.79 Å². The molecule has 2 saturated heterocycles. The Balaban J connectivity index is 1.46. The van der Waals surface area contributed by atoms with Gasteiger partial charge in [-0.2, -0.15) is 5.26 Å². The summed E-state index contributed by atoms with van der Waals surface area (Å²) in [4.78, 5) is 14.3. The van der Waals surface area contributed by atoms with E-state index < -0.39 is 5.91 Å². The zero-order valence-electron chi connectivity index (χ0n) is 16.3. The van der Waals surface area contributed by atoms with E-state index in [9.17, 15) is 10.1 Å². The van der Waals surface area contributed by atoms with Crippen molar-refractivity contribution in [2.45, 2.75) is 50.4 Å². The number of fused-ring (bicyclic) bond motifs is 3. The number of hydrogen-bond acceptors (Lipinski definition) is 3. The Hall–Kier alpha value is -3.10.